The molecule has 0 saturated carbocycles. The molecule has 3 saturated heterocycles. The maximum Gasteiger partial charge on any atom is 0.313 e. The van der Waals surface area contributed by atoms with Gasteiger partial charge in [-0.1, -0.05) is 58.4 Å². The highest BCUT2D eigenvalue weighted by Crippen LogP contribution is 2.59. The molecule has 266 valence electrons. The molecule has 3 fully saturated rings. The number of aliphatic hydroxyl groups is 1. The lowest BCUT2D eigenvalue weighted by atomic mass is 9.74. The minimum Gasteiger partial charge on any atom is -0.455 e. The Balaban J connectivity index is 1.38. The second-order valence-electron chi connectivity index (χ2n) is 13.5. The summed E-state index contributed by atoms with van der Waals surface area (Å²) in [5.74, 6) is -3.33. The van der Waals surface area contributed by atoms with Crippen LogP contribution in [0.2, 0.25) is 0 Å². The number of nitrogens with zero attached hydrogens (tertiary/aromatic N) is 3. The number of unbranched alkanes of at least 4 members (excludes halogenated alkanes) is 2. The van der Waals surface area contributed by atoms with Crippen molar-refractivity contribution in [3.05, 3.63) is 58.6 Å². The van der Waals surface area contributed by atoms with E-state index in [1.165, 1.54) is 0 Å². The number of nitrogens with one attached hydrogen (secondary N) is 1. The zero-order valence-electron chi connectivity index (χ0n) is 28.0. The highest BCUT2D eigenvalue weighted by molar-refractivity contribution is 9.11. The molecule has 6 rings (SSSR count). The van der Waals surface area contributed by atoms with Crippen molar-refractivity contribution in [3.63, 3.8) is 0 Å². The Labute approximate surface area is 295 Å². The summed E-state index contributed by atoms with van der Waals surface area (Å²) in [5, 5.41) is 12.4. The molecule has 13 heteroatoms. The fraction of sp³-hybridized carbons (Fsp3) is 0.611. The highest BCUT2D eigenvalue weighted by atomic mass is 79.9. The molecule has 3 amide bonds. The number of carbonyl (C=O) groups is 4. The Morgan fingerprint density at radius 3 is 2.49 bits per heavy atom. The average molecular weight is 744 g/mol. The van der Waals surface area contributed by atoms with Crippen LogP contribution in [-0.2, 0) is 33.4 Å². The van der Waals surface area contributed by atoms with Crippen molar-refractivity contribution in [1.29, 1.82) is 0 Å². The first-order chi connectivity index (χ1) is 23.7. The van der Waals surface area contributed by atoms with Crippen molar-refractivity contribution in [2.24, 2.45) is 11.8 Å². The van der Waals surface area contributed by atoms with Gasteiger partial charge in [-0.05, 0) is 44.2 Å². The molecule has 2 N–H and O–H groups in total. The summed E-state index contributed by atoms with van der Waals surface area (Å²) in [6.45, 7) is 6.29. The van der Waals surface area contributed by atoms with Crippen LogP contribution in [0.25, 0.3) is 0 Å². The monoisotopic (exact) mass is 742 g/mol. The quantitative estimate of drug-likeness (QED) is 0.222. The number of hydrogen-bond acceptors (Lipinski definition) is 9. The number of amides is 3. The number of halogens is 1. The van der Waals surface area contributed by atoms with Crippen LogP contribution in [0, 0.1) is 11.8 Å². The molecule has 12 nitrogen and oxygen atoms in total. The minimum absolute atomic E-state index is 0.0420. The van der Waals surface area contributed by atoms with Gasteiger partial charge >= 0.3 is 5.97 Å². The van der Waals surface area contributed by atoms with E-state index in [0.717, 1.165) is 13.1 Å². The molecule has 5 bridgehead atoms. The fourth-order valence-electron chi connectivity index (χ4n) is 7.87. The molecular weight excluding hydrogens is 696 g/mol. The Morgan fingerprint density at radius 1 is 0.959 bits per heavy atom. The Morgan fingerprint density at radius 2 is 1.73 bits per heavy atom. The first kappa shape index (κ1) is 35.7. The van der Waals surface area contributed by atoms with Gasteiger partial charge in [-0.2, -0.15) is 0 Å². The van der Waals surface area contributed by atoms with Crippen molar-refractivity contribution >= 4 is 39.6 Å². The molecule has 0 aromatic heterocycles. The minimum atomic E-state index is -1.37. The molecule has 0 aliphatic carbocycles. The molecule has 5 aliphatic rings. The number of likely N-dealkylation sites (tertiary alicyclic amines) is 1. The number of allylic oxidation sites excluding steroid dienone is 1. The lowest BCUT2D eigenvalue weighted by Crippen LogP contribution is -2.57. The Bertz CT molecular complexity index is 1430. The van der Waals surface area contributed by atoms with E-state index < -0.39 is 47.7 Å². The number of hydrogen-bond donors (Lipinski definition) is 2. The lowest BCUT2D eigenvalue weighted by Gasteiger charge is -2.37. The molecule has 0 radical (unpaired) electrons. The topological polar surface area (TPSA) is 138 Å². The van der Waals surface area contributed by atoms with Gasteiger partial charge in [0.1, 0.15) is 29.8 Å². The number of aliphatic hydroxyl groups excluding tert-OH is 1. The van der Waals surface area contributed by atoms with Crippen LogP contribution < -0.4 is 5.32 Å². The number of esters is 1. The third-order valence-electron chi connectivity index (χ3n) is 10.3. The van der Waals surface area contributed by atoms with Crippen LogP contribution in [0.4, 0.5) is 0 Å². The van der Waals surface area contributed by atoms with Gasteiger partial charge < -0.3 is 34.4 Å². The van der Waals surface area contributed by atoms with E-state index in [-0.39, 0.29) is 37.3 Å². The summed E-state index contributed by atoms with van der Waals surface area (Å²) >= 11 is 3.63. The summed E-state index contributed by atoms with van der Waals surface area (Å²) in [7, 11) is 0. The van der Waals surface area contributed by atoms with Crippen LogP contribution in [0.3, 0.4) is 0 Å². The molecular formula is C36H47BrN4O8. The van der Waals surface area contributed by atoms with Crippen LogP contribution >= 0.6 is 15.9 Å². The number of benzene rings is 1. The van der Waals surface area contributed by atoms with Crippen LogP contribution in [-0.4, -0.2) is 126 Å². The normalized spacial score (nSPS) is 33.3. The average Bonchev–Trinajstić information content (AvgIpc) is 3.69. The molecule has 1 aromatic rings. The van der Waals surface area contributed by atoms with E-state index in [0.29, 0.717) is 68.6 Å². The van der Waals surface area contributed by atoms with Gasteiger partial charge in [0.15, 0.2) is 0 Å². The van der Waals surface area contributed by atoms with Gasteiger partial charge in [0.05, 0.1) is 25.2 Å². The second kappa shape index (κ2) is 15.8. The molecule has 49 heavy (non-hydrogen) atoms. The van der Waals surface area contributed by atoms with Crippen molar-refractivity contribution in [1.82, 2.24) is 20.0 Å². The van der Waals surface area contributed by atoms with Crippen LogP contribution in [0.1, 0.15) is 50.7 Å². The number of rotatable bonds is 9. The largest absolute Gasteiger partial charge is 0.455 e. The van der Waals surface area contributed by atoms with Crippen molar-refractivity contribution < 1.29 is 38.5 Å². The van der Waals surface area contributed by atoms with Gasteiger partial charge in [0.25, 0.3) is 0 Å². The molecule has 1 spiro atoms. The van der Waals surface area contributed by atoms with Crippen molar-refractivity contribution in [2.75, 3.05) is 59.1 Å². The van der Waals surface area contributed by atoms with Gasteiger partial charge in [-0.25, -0.2) is 0 Å². The number of carbonyl (C=O) groups excluding carboxylic acids is 4. The fourth-order valence-corrected chi connectivity index (χ4v) is 8.61. The third-order valence-corrected chi connectivity index (χ3v) is 11.0. The third kappa shape index (κ3) is 7.37. The number of ether oxygens (including phenoxy) is 3. The molecule has 0 unspecified atom stereocenters. The molecule has 5 aliphatic heterocycles. The van der Waals surface area contributed by atoms with E-state index in [1.54, 1.807) is 16.7 Å². The van der Waals surface area contributed by atoms with Crippen molar-refractivity contribution in [2.45, 2.75) is 68.9 Å². The predicted molar refractivity (Wildman–Crippen MR) is 183 cm³/mol. The zero-order valence-corrected chi connectivity index (χ0v) is 29.6. The SMILES string of the molecule is C[C@@H]1NC(=O)CC/C=C\CN(CCN2CCOCC2)C(=O)[C@H]2N(CCCCCO)C(=O)[C@@H]3[C@@H](C(=O)O[C@H]1c1ccccc1)[C@@H]1O[C@@]32C=C1Br. The second-order valence-corrected chi connectivity index (χ2v) is 14.4. The van der Waals surface area contributed by atoms with Crippen molar-refractivity contribution in [3.8, 4) is 0 Å². The zero-order chi connectivity index (χ0) is 34.5. The van der Waals surface area contributed by atoms with E-state index in [2.05, 4.69) is 26.1 Å². The summed E-state index contributed by atoms with van der Waals surface area (Å²) < 4.78 is 19.0. The van der Waals surface area contributed by atoms with Gasteiger partial charge in [-0.15, -0.1) is 0 Å². The molecule has 5 heterocycles. The van der Waals surface area contributed by atoms with E-state index >= 15 is 0 Å². The molecule has 1 aromatic carbocycles. The summed E-state index contributed by atoms with van der Waals surface area (Å²) in [6, 6.07) is 7.69. The summed E-state index contributed by atoms with van der Waals surface area (Å²) in [5.41, 5.74) is -0.656. The van der Waals surface area contributed by atoms with Crippen LogP contribution in [0.5, 0.6) is 0 Å². The predicted octanol–water partition coefficient (Wildman–Crippen LogP) is 2.32. The van der Waals surface area contributed by atoms with E-state index in [9.17, 15) is 24.3 Å². The van der Waals surface area contributed by atoms with Gasteiger partial charge in [0, 0.05) is 56.8 Å². The first-order valence-electron chi connectivity index (χ1n) is 17.5. The highest BCUT2D eigenvalue weighted by Gasteiger charge is 2.74. The summed E-state index contributed by atoms with van der Waals surface area (Å²) in [6.07, 6.45) is 6.57. The van der Waals surface area contributed by atoms with E-state index in [1.807, 2.05) is 48.6 Å². The van der Waals surface area contributed by atoms with E-state index in [4.69, 9.17) is 14.2 Å². The maximum atomic E-state index is 14.9. The number of cyclic esters (lactones) is 1. The smallest absolute Gasteiger partial charge is 0.313 e. The maximum absolute atomic E-state index is 14.9. The summed E-state index contributed by atoms with van der Waals surface area (Å²) in [4.78, 5) is 62.4. The lowest BCUT2D eigenvalue weighted by molar-refractivity contribution is -0.161. The van der Waals surface area contributed by atoms with Gasteiger partial charge in [-0.3, -0.25) is 24.1 Å². The Hall–Kier alpha value is -3.10. The number of fused-ring (bicyclic) bond motifs is 2. The molecule has 7 atom stereocenters. The Kier molecular flexibility index (Phi) is 11.5. The van der Waals surface area contributed by atoms with Gasteiger partial charge in [0.2, 0.25) is 17.7 Å². The number of morpholine rings is 1. The first-order valence-corrected chi connectivity index (χ1v) is 18.3. The van der Waals surface area contributed by atoms with Crippen LogP contribution in [0.15, 0.2) is 53.0 Å². The standard InChI is InChI=1S/C36H47BrN4O8/c1-24-30(25-11-5-2-6-12-25)48-35(46)28-29-33(44)41(15-9-4-10-20-42)32(36(29)23-26(37)31(28)49-36)34(45)40(14-8-3-7-13-27(43)38-24)17-16-39-18-21-47-22-19-39/h2-3,5-6,8,11-12,23-24,28-32,42H,4,7,9-10,13-22H2,1H3,(H,38,43)/b8-3-/t24-,28+,29-,30+,31+,32+,36-/m0/s1.